The Balaban J connectivity index is 1.76. The highest BCUT2D eigenvalue weighted by atomic mass is 16.6. The average molecular weight is 318 g/mol. The molecule has 1 aromatic carbocycles. The summed E-state index contributed by atoms with van der Waals surface area (Å²) >= 11 is 0. The van der Waals surface area contributed by atoms with Gasteiger partial charge in [-0.2, -0.15) is 0 Å². The summed E-state index contributed by atoms with van der Waals surface area (Å²) < 4.78 is 4.93. The molecule has 126 valence electrons. The van der Waals surface area contributed by atoms with Crippen molar-refractivity contribution in [2.45, 2.75) is 39.2 Å². The Morgan fingerprint density at radius 2 is 2.09 bits per heavy atom. The molecule has 6 heteroatoms. The van der Waals surface area contributed by atoms with Crippen LogP contribution in [-0.2, 0) is 11.3 Å². The summed E-state index contributed by atoms with van der Waals surface area (Å²) in [5, 5.41) is 3.13. The molecule has 1 heterocycles. The number of anilines is 1. The van der Waals surface area contributed by atoms with Crippen molar-refractivity contribution in [1.82, 2.24) is 5.32 Å². The van der Waals surface area contributed by atoms with Gasteiger partial charge in [0.05, 0.1) is 13.1 Å². The Hall–Kier alpha value is -2.24. The number of ether oxygens (including phenoxy) is 1. The van der Waals surface area contributed by atoms with Gasteiger partial charge in [-0.3, -0.25) is 4.90 Å². The summed E-state index contributed by atoms with van der Waals surface area (Å²) in [5.41, 5.74) is 7.76. The van der Waals surface area contributed by atoms with Crippen LogP contribution in [0.3, 0.4) is 0 Å². The van der Waals surface area contributed by atoms with Gasteiger partial charge in [0.15, 0.2) is 5.96 Å². The van der Waals surface area contributed by atoms with Gasteiger partial charge in [-0.15, -0.1) is 0 Å². The van der Waals surface area contributed by atoms with E-state index in [1.54, 1.807) is 4.90 Å². The van der Waals surface area contributed by atoms with Gasteiger partial charge >= 0.3 is 6.09 Å². The van der Waals surface area contributed by atoms with Crippen LogP contribution in [0.1, 0.15) is 38.2 Å². The van der Waals surface area contributed by atoms with Gasteiger partial charge in [-0.1, -0.05) is 38.3 Å². The zero-order chi connectivity index (χ0) is 16.5. The molecular formula is C17H26N4O2. The van der Waals surface area contributed by atoms with Crippen LogP contribution in [0.25, 0.3) is 0 Å². The molecule has 0 bridgehead atoms. The van der Waals surface area contributed by atoms with E-state index < -0.39 is 0 Å². The number of aliphatic imine (C=N–C) groups is 1. The lowest BCUT2D eigenvalue weighted by Crippen LogP contribution is -2.32. The van der Waals surface area contributed by atoms with Crippen LogP contribution in [0.5, 0.6) is 0 Å². The van der Waals surface area contributed by atoms with Crippen molar-refractivity contribution in [2.24, 2.45) is 10.7 Å². The molecule has 0 saturated carbocycles. The van der Waals surface area contributed by atoms with Crippen molar-refractivity contribution in [1.29, 1.82) is 0 Å². The summed E-state index contributed by atoms with van der Waals surface area (Å²) in [5.74, 6) is 0.480. The van der Waals surface area contributed by atoms with Gasteiger partial charge < -0.3 is 15.8 Å². The Labute approximate surface area is 137 Å². The second kappa shape index (κ2) is 9.02. The number of cyclic esters (lactones) is 1. The fourth-order valence-electron chi connectivity index (χ4n) is 2.41. The number of nitrogens with two attached hydrogens (primary N) is 1. The minimum absolute atomic E-state index is 0.285. The monoisotopic (exact) mass is 318 g/mol. The number of nitrogens with zero attached hydrogens (tertiary/aromatic N) is 2. The largest absolute Gasteiger partial charge is 0.447 e. The number of hydrogen-bond acceptors (Lipinski definition) is 3. The molecule has 0 aliphatic carbocycles. The number of unbranched alkanes of at least 4 members (excludes halogenated alkanes) is 3. The van der Waals surface area contributed by atoms with Crippen LogP contribution in [0.2, 0.25) is 0 Å². The number of nitrogens with one attached hydrogen (secondary N) is 1. The molecule has 6 nitrogen and oxygen atoms in total. The molecule has 1 amide bonds. The van der Waals surface area contributed by atoms with Crippen LogP contribution < -0.4 is 16.0 Å². The second-order valence-electron chi connectivity index (χ2n) is 5.62. The first kappa shape index (κ1) is 17.1. The van der Waals surface area contributed by atoms with Gasteiger partial charge in [0.25, 0.3) is 0 Å². The van der Waals surface area contributed by atoms with Crippen LogP contribution in [0.15, 0.2) is 29.3 Å². The number of carbonyl (C=O) groups is 1. The fourth-order valence-corrected chi connectivity index (χ4v) is 2.41. The highest BCUT2D eigenvalue weighted by Gasteiger charge is 2.23. The Kier molecular flexibility index (Phi) is 6.72. The third-order valence-corrected chi connectivity index (χ3v) is 3.78. The van der Waals surface area contributed by atoms with Crippen molar-refractivity contribution < 1.29 is 9.53 Å². The van der Waals surface area contributed by atoms with Gasteiger partial charge in [0, 0.05) is 12.2 Å². The Morgan fingerprint density at radius 3 is 2.74 bits per heavy atom. The van der Waals surface area contributed by atoms with E-state index >= 15 is 0 Å². The predicted molar refractivity (Wildman–Crippen MR) is 92.6 cm³/mol. The summed E-state index contributed by atoms with van der Waals surface area (Å²) in [6.45, 7) is 4.64. The molecule has 1 aliphatic rings. The van der Waals surface area contributed by atoms with Crippen LogP contribution >= 0.6 is 0 Å². The topological polar surface area (TPSA) is 79.9 Å². The van der Waals surface area contributed by atoms with Crippen molar-refractivity contribution in [2.75, 3.05) is 24.6 Å². The highest BCUT2D eigenvalue weighted by molar-refractivity contribution is 5.89. The zero-order valence-electron chi connectivity index (χ0n) is 13.8. The highest BCUT2D eigenvalue weighted by Crippen LogP contribution is 2.19. The van der Waals surface area contributed by atoms with E-state index in [2.05, 4.69) is 17.2 Å². The Bertz CT molecular complexity index is 528. The van der Waals surface area contributed by atoms with Gasteiger partial charge in [-0.25, -0.2) is 9.79 Å². The maximum absolute atomic E-state index is 11.5. The van der Waals surface area contributed by atoms with Gasteiger partial charge in [0.2, 0.25) is 0 Å². The molecule has 3 N–H and O–H groups in total. The van der Waals surface area contributed by atoms with E-state index in [-0.39, 0.29) is 6.09 Å². The first-order chi connectivity index (χ1) is 11.2. The summed E-state index contributed by atoms with van der Waals surface area (Å²) in [4.78, 5) is 17.5. The summed E-state index contributed by atoms with van der Waals surface area (Å²) in [7, 11) is 0. The minimum atomic E-state index is -0.285. The van der Waals surface area contributed by atoms with Crippen LogP contribution in [-0.4, -0.2) is 31.7 Å². The quantitative estimate of drug-likeness (QED) is 0.439. The number of amides is 1. The normalized spacial score (nSPS) is 14.9. The van der Waals surface area contributed by atoms with Crippen molar-refractivity contribution >= 4 is 17.7 Å². The standard InChI is InChI=1S/C17H26N4O2/c1-2-3-4-5-10-19-16(18)20-13-14-6-8-15(9-7-14)21-11-12-23-17(21)22/h6-9H,2-5,10-13H2,1H3,(H3,18,19,20). The SMILES string of the molecule is CCCCCCNC(N)=NCc1ccc(N2CCOC2=O)cc1. The van der Waals surface area contributed by atoms with E-state index in [4.69, 9.17) is 10.5 Å². The molecule has 1 fully saturated rings. The van der Waals surface area contributed by atoms with E-state index in [0.717, 1.165) is 24.2 Å². The molecule has 1 saturated heterocycles. The molecule has 0 spiro atoms. The average Bonchev–Trinajstić information content (AvgIpc) is 2.99. The van der Waals surface area contributed by atoms with E-state index in [1.807, 2.05) is 24.3 Å². The smallest absolute Gasteiger partial charge is 0.414 e. The molecule has 2 rings (SSSR count). The van der Waals surface area contributed by atoms with Crippen LogP contribution in [0.4, 0.5) is 10.5 Å². The van der Waals surface area contributed by atoms with E-state index in [1.165, 1.54) is 19.3 Å². The summed E-state index contributed by atoms with van der Waals surface area (Å²) in [6.07, 6.45) is 4.54. The Morgan fingerprint density at radius 1 is 1.30 bits per heavy atom. The molecular weight excluding hydrogens is 292 g/mol. The number of rotatable bonds is 8. The molecule has 1 aliphatic heterocycles. The van der Waals surface area contributed by atoms with Crippen molar-refractivity contribution in [3.8, 4) is 0 Å². The third-order valence-electron chi connectivity index (χ3n) is 3.78. The number of guanidine groups is 1. The number of benzene rings is 1. The van der Waals surface area contributed by atoms with Gasteiger partial charge in [0.1, 0.15) is 6.61 Å². The number of hydrogen-bond donors (Lipinski definition) is 2. The lowest BCUT2D eigenvalue weighted by Gasteiger charge is -2.12. The molecule has 0 atom stereocenters. The maximum atomic E-state index is 11.5. The minimum Gasteiger partial charge on any atom is -0.447 e. The lowest BCUT2D eigenvalue weighted by atomic mass is 10.2. The van der Waals surface area contributed by atoms with E-state index in [0.29, 0.717) is 25.7 Å². The molecule has 0 radical (unpaired) electrons. The molecule has 0 aromatic heterocycles. The number of carbonyl (C=O) groups excluding carboxylic acids is 1. The lowest BCUT2D eigenvalue weighted by molar-refractivity contribution is 0.181. The van der Waals surface area contributed by atoms with Crippen LogP contribution in [0, 0.1) is 0 Å². The van der Waals surface area contributed by atoms with E-state index in [9.17, 15) is 4.79 Å². The molecule has 0 unspecified atom stereocenters. The predicted octanol–water partition coefficient (Wildman–Crippen LogP) is 2.63. The molecule has 23 heavy (non-hydrogen) atoms. The van der Waals surface area contributed by atoms with Crippen molar-refractivity contribution in [3.05, 3.63) is 29.8 Å². The second-order valence-corrected chi connectivity index (χ2v) is 5.62. The first-order valence-corrected chi connectivity index (χ1v) is 8.27. The molecule has 1 aromatic rings. The maximum Gasteiger partial charge on any atom is 0.414 e. The van der Waals surface area contributed by atoms with Gasteiger partial charge in [-0.05, 0) is 24.1 Å². The third kappa shape index (κ3) is 5.47. The summed E-state index contributed by atoms with van der Waals surface area (Å²) in [6, 6.07) is 7.73. The van der Waals surface area contributed by atoms with Crippen molar-refractivity contribution in [3.63, 3.8) is 0 Å². The zero-order valence-corrected chi connectivity index (χ0v) is 13.8. The fraction of sp³-hybridized carbons (Fsp3) is 0.529. The first-order valence-electron chi connectivity index (χ1n) is 8.27.